The summed E-state index contributed by atoms with van der Waals surface area (Å²) in [4.78, 5) is 23.3. The Balaban J connectivity index is 2.51. The fraction of sp³-hybridized carbons (Fsp3) is 0.429. The number of hydrogen-bond acceptors (Lipinski definition) is 3. The number of carbonyl (C=O) groups is 2. The lowest BCUT2D eigenvalue weighted by Crippen LogP contribution is -2.34. The van der Waals surface area contributed by atoms with Crippen molar-refractivity contribution in [1.82, 2.24) is 16.0 Å². The molecule has 6 nitrogen and oxygen atoms in total. The molecule has 0 aliphatic rings. The molecule has 1 aromatic rings. The number of rotatable bonds is 6. The predicted octanol–water partition coefficient (Wildman–Crippen LogP) is 1.17. The second-order valence-corrected chi connectivity index (χ2v) is 4.69. The summed E-state index contributed by atoms with van der Waals surface area (Å²) in [6.45, 7) is 5.07. The minimum atomic E-state index is -0.258. The van der Waals surface area contributed by atoms with Crippen LogP contribution in [0.25, 0.3) is 0 Å². The van der Waals surface area contributed by atoms with Crippen molar-refractivity contribution in [2.24, 2.45) is 0 Å². The van der Waals surface area contributed by atoms with E-state index in [2.05, 4.69) is 21.3 Å². The van der Waals surface area contributed by atoms with E-state index in [0.717, 1.165) is 6.54 Å². The normalized spacial score (nSPS) is 10.2. The first kappa shape index (κ1) is 16.0. The minimum Gasteiger partial charge on any atom is -0.351 e. The average molecular weight is 278 g/mol. The molecule has 0 saturated heterocycles. The Bertz CT molecular complexity index is 443. The van der Waals surface area contributed by atoms with Crippen molar-refractivity contribution in [2.45, 2.75) is 19.9 Å². The van der Waals surface area contributed by atoms with Gasteiger partial charge in [0.15, 0.2) is 0 Å². The van der Waals surface area contributed by atoms with Gasteiger partial charge in [0.2, 0.25) is 0 Å². The zero-order chi connectivity index (χ0) is 15.0. The summed E-state index contributed by atoms with van der Waals surface area (Å²) < 4.78 is 0. The maximum Gasteiger partial charge on any atom is 0.319 e. The Morgan fingerprint density at radius 1 is 1.10 bits per heavy atom. The summed E-state index contributed by atoms with van der Waals surface area (Å²) in [7, 11) is 1.83. The molecule has 110 valence electrons. The molecule has 1 aromatic carbocycles. The van der Waals surface area contributed by atoms with Crippen LogP contribution in [0.15, 0.2) is 24.3 Å². The van der Waals surface area contributed by atoms with E-state index < -0.39 is 0 Å². The third kappa shape index (κ3) is 5.71. The first-order valence-corrected chi connectivity index (χ1v) is 6.63. The number of carbonyl (C=O) groups excluding carboxylic acids is 2. The molecule has 6 heteroatoms. The van der Waals surface area contributed by atoms with Crippen molar-refractivity contribution in [2.75, 3.05) is 25.5 Å². The van der Waals surface area contributed by atoms with Gasteiger partial charge in [-0.2, -0.15) is 0 Å². The third-order valence-corrected chi connectivity index (χ3v) is 2.49. The number of urea groups is 1. The number of anilines is 1. The van der Waals surface area contributed by atoms with Crippen LogP contribution in [-0.2, 0) is 0 Å². The van der Waals surface area contributed by atoms with Crippen molar-refractivity contribution < 1.29 is 9.59 Å². The average Bonchev–Trinajstić information content (AvgIpc) is 2.38. The topological polar surface area (TPSA) is 82.3 Å². The Hall–Kier alpha value is -2.08. The molecule has 0 radical (unpaired) electrons. The van der Waals surface area contributed by atoms with Crippen molar-refractivity contribution in [3.63, 3.8) is 0 Å². The lowest BCUT2D eigenvalue weighted by atomic mass is 10.2. The molecule has 0 heterocycles. The van der Waals surface area contributed by atoms with E-state index in [9.17, 15) is 9.59 Å². The molecule has 0 bridgehead atoms. The van der Waals surface area contributed by atoms with Gasteiger partial charge in [-0.05, 0) is 45.2 Å². The molecular weight excluding hydrogens is 256 g/mol. The molecule has 20 heavy (non-hydrogen) atoms. The fourth-order valence-corrected chi connectivity index (χ4v) is 1.54. The van der Waals surface area contributed by atoms with Gasteiger partial charge in [-0.3, -0.25) is 4.79 Å². The van der Waals surface area contributed by atoms with Gasteiger partial charge in [0, 0.05) is 30.4 Å². The van der Waals surface area contributed by atoms with Crippen molar-refractivity contribution >= 4 is 17.6 Å². The maximum absolute atomic E-state index is 11.8. The van der Waals surface area contributed by atoms with Gasteiger partial charge < -0.3 is 21.3 Å². The van der Waals surface area contributed by atoms with Crippen LogP contribution < -0.4 is 21.3 Å². The lowest BCUT2D eigenvalue weighted by Gasteiger charge is -2.10. The van der Waals surface area contributed by atoms with Crippen LogP contribution in [0.3, 0.4) is 0 Å². The van der Waals surface area contributed by atoms with Gasteiger partial charge in [0.05, 0.1) is 0 Å². The first-order valence-electron chi connectivity index (χ1n) is 6.63. The molecule has 4 N–H and O–H groups in total. The van der Waals surface area contributed by atoms with Gasteiger partial charge in [0.1, 0.15) is 0 Å². The van der Waals surface area contributed by atoms with Gasteiger partial charge in [-0.1, -0.05) is 0 Å². The quantitative estimate of drug-likeness (QED) is 0.589. The number of benzene rings is 1. The highest BCUT2D eigenvalue weighted by atomic mass is 16.2. The Labute approximate surface area is 119 Å². The molecule has 0 aliphatic carbocycles. The summed E-state index contributed by atoms with van der Waals surface area (Å²) in [5.74, 6) is -0.126. The maximum atomic E-state index is 11.8. The first-order chi connectivity index (χ1) is 9.52. The van der Waals surface area contributed by atoms with E-state index in [1.807, 2.05) is 20.9 Å². The summed E-state index contributed by atoms with van der Waals surface area (Å²) in [5, 5.41) is 11.2. The van der Waals surface area contributed by atoms with Crippen LogP contribution in [0.5, 0.6) is 0 Å². The zero-order valence-corrected chi connectivity index (χ0v) is 12.1. The Kier molecular flexibility index (Phi) is 6.52. The van der Waals surface area contributed by atoms with Crippen molar-refractivity contribution in [1.29, 1.82) is 0 Å². The van der Waals surface area contributed by atoms with Crippen LogP contribution >= 0.6 is 0 Å². The molecular formula is C14H22N4O2. The molecule has 0 aromatic heterocycles. The highest BCUT2D eigenvalue weighted by Gasteiger charge is 2.06. The monoisotopic (exact) mass is 278 g/mol. The number of hydrogen-bond donors (Lipinski definition) is 4. The van der Waals surface area contributed by atoms with E-state index in [4.69, 9.17) is 0 Å². The summed E-state index contributed by atoms with van der Waals surface area (Å²) in [6, 6.07) is 6.58. The number of nitrogens with one attached hydrogen (secondary N) is 4. The second kappa shape index (κ2) is 8.16. The molecule has 1 rings (SSSR count). The van der Waals surface area contributed by atoms with Gasteiger partial charge in [0.25, 0.3) is 5.91 Å². The Morgan fingerprint density at radius 2 is 1.75 bits per heavy atom. The molecule has 0 atom stereocenters. The SMILES string of the molecule is CNCCNC(=O)c1ccc(NC(=O)NC(C)C)cc1. The second-order valence-electron chi connectivity index (χ2n) is 4.69. The van der Waals surface area contributed by atoms with Gasteiger partial charge in [-0.25, -0.2) is 4.79 Å². The van der Waals surface area contributed by atoms with E-state index in [0.29, 0.717) is 17.8 Å². The van der Waals surface area contributed by atoms with Crippen LogP contribution in [0.2, 0.25) is 0 Å². The highest BCUT2D eigenvalue weighted by Crippen LogP contribution is 2.09. The van der Waals surface area contributed by atoms with Crippen LogP contribution in [0.4, 0.5) is 10.5 Å². The highest BCUT2D eigenvalue weighted by molar-refractivity contribution is 5.95. The summed E-state index contributed by atoms with van der Waals surface area (Å²) >= 11 is 0. The molecule has 0 fully saturated rings. The Morgan fingerprint density at radius 3 is 2.30 bits per heavy atom. The van der Waals surface area contributed by atoms with Crippen molar-refractivity contribution in [3.8, 4) is 0 Å². The van der Waals surface area contributed by atoms with E-state index >= 15 is 0 Å². The van der Waals surface area contributed by atoms with Gasteiger partial charge in [-0.15, -0.1) is 0 Å². The largest absolute Gasteiger partial charge is 0.351 e. The van der Waals surface area contributed by atoms with E-state index in [1.165, 1.54) is 0 Å². The third-order valence-electron chi connectivity index (χ3n) is 2.49. The smallest absolute Gasteiger partial charge is 0.319 e. The number of amides is 3. The summed E-state index contributed by atoms with van der Waals surface area (Å²) in [6.07, 6.45) is 0. The van der Waals surface area contributed by atoms with Crippen molar-refractivity contribution in [3.05, 3.63) is 29.8 Å². The van der Waals surface area contributed by atoms with Crippen LogP contribution in [0.1, 0.15) is 24.2 Å². The molecule has 0 saturated carbocycles. The molecule has 0 unspecified atom stereocenters. The summed E-state index contributed by atoms with van der Waals surface area (Å²) in [5.41, 5.74) is 1.21. The van der Waals surface area contributed by atoms with E-state index in [1.54, 1.807) is 24.3 Å². The minimum absolute atomic E-state index is 0.0761. The standard InChI is InChI=1S/C14H22N4O2/c1-10(2)17-14(20)18-12-6-4-11(5-7-12)13(19)16-9-8-15-3/h4-7,10,15H,8-9H2,1-3H3,(H,16,19)(H2,17,18,20). The van der Waals surface area contributed by atoms with E-state index in [-0.39, 0.29) is 18.0 Å². The molecule has 3 amide bonds. The van der Waals surface area contributed by atoms with Crippen LogP contribution in [-0.4, -0.2) is 38.1 Å². The van der Waals surface area contributed by atoms with Crippen LogP contribution in [0, 0.1) is 0 Å². The van der Waals surface area contributed by atoms with Gasteiger partial charge >= 0.3 is 6.03 Å². The zero-order valence-electron chi connectivity index (χ0n) is 12.1. The lowest BCUT2D eigenvalue weighted by molar-refractivity contribution is 0.0954. The molecule has 0 spiro atoms. The molecule has 0 aliphatic heterocycles. The predicted molar refractivity (Wildman–Crippen MR) is 80.0 cm³/mol. The fourth-order valence-electron chi connectivity index (χ4n) is 1.54. The number of likely N-dealkylation sites (N-methyl/N-ethyl adjacent to an activating group) is 1.